The van der Waals surface area contributed by atoms with Crippen LogP contribution in [0.5, 0.6) is 5.75 Å². The van der Waals surface area contributed by atoms with E-state index in [1.54, 1.807) is 30.9 Å². The molecule has 1 N–H and O–H groups in total. The molecule has 2 aromatic rings. The van der Waals surface area contributed by atoms with E-state index in [4.69, 9.17) is 16.3 Å². The predicted molar refractivity (Wildman–Crippen MR) is 121 cm³/mol. The number of aryl methyl sites for hydroxylation is 1. The molecule has 176 valence electrons. The average Bonchev–Trinajstić information content (AvgIpc) is 2.75. The Balaban J connectivity index is 1.60. The van der Waals surface area contributed by atoms with Crippen LogP contribution in [0.25, 0.3) is 0 Å². The van der Waals surface area contributed by atoms with Crippen molar-refractivity contribution in [1.29, 1.82) is 0 Å². The Bertz CT molecular complexity index is 1170. The minimum absolute atomic E-state index is 0.00682. The van der Waals surface area contributed by atoms with Crippen LogP contribution in [0.3, 0.4) is 0 Å². The Morgan fingerprint density at radius 3 is 2.76 bits per heavy atom. The number of carbonyl (C=O) groups excluding carboxylic acids is 2. The van der Waals surface area contributed by atoms with Gasteiger partial charge in [-0.15, -0.1) is 0 Å². The van der Waals surface area contributed by atoms with Crippen LogP contribution < -0.4 is 5.43 Å². The minimum atomic E-state index is -0.855. The summed E-state index contributed by atoms with van der Waals surface area (Å²) in [5.41, 5.74) is -1.19. The van der Waals surface area contributed by atoms with Gasteiger partial charge in [0.05, 0.1) is 16.1 Å². The van der Waals surface area contributed by atoms with Crippen molar-refractivity contribution in [3.63, 3.8) is 0 Å². The lowest BCUT2D eigenvalue weighted by Crippen LogP contribution is -2.60. The number of Topliss-reactive ketones (excluding diaryl/α,β-unsaturated/α-hetero) is 1. The van der Waals surface area contributed by atoms with Crippen molar-refractivity contribution < 1.29 is 23.8 Å². The first-order chi connectivity index (χ1) is 15.7. The van der Waals surface area contributed by atoms with Crippen molar-refractivity contribution in [3.8, 4) is 5.75 Å². The standard InChI is InChI=1S/C24H26ClFN2O5/c1-27-13-24(9-14(10-24)12-33-2)28-11-16(21(30)22(31)20(28)23(27)32)18(29)8-4-6-15-5-3-7-17(25)19(15)26/h3,5,7,11,14,31H,4,6,8-10,12-13H2,1-2H3/t14-,24+. The van der Waals surface area contributed by atoms with Crippen molar-refractivity contribution in [3.05, 3.63) is 62.3 Å². The number of carbonyl (C=O) groups is 2. The van der Waals surface area contributed by atoms with Crippen molar-refractivity contribution in [2.24, 2.45) is 5.92 Å². The van der Waals surface area contributed by atoms with Crippen LogP contribution in [0.4, 0.5) is 4.39 Å². The van der Waals surface area contributed by atoms with Crippen LogP contribution in [0.15, 0.2) is 29.2 Å². The Labute approximate surface area is 195 Å². The normalized spacial score (nSPS) is 21.8. The van der Waals surface area contributed by atoms with E-state index in [2.05, 4.69) is 0 Å². The van der Waals surface area contributed by atoms with E-state index < -0.39 is 34.2 Å². The van der Waals surface area contributed by atoms with Gasteiger partial charge >= 0.3 is 0 Å². The van der Waals surface area contributed by atoms with Gasteiger partial charge in [-0.05, 0) is 43.2 Å². The molecule has 1 aromatic carbocycles. The van der Waals surface area contributed by atoms with Gasteiger partial charge in [-0.1, -0.05) is 23.7 Å². The van der Waals surface area contributed by atoms with Crippen molar-refractivity contribution in [2.75, 3.05) is 27.3 Å². The topological polar surface area (TPSA) is 88.8 Å². The fourth-order valence-corrected chi connectivity index (χ4v) is 5.35. The first-order valence-electron chi connectivity index (χ1n) is 10.9. The summed E-state index contributed by atoms with van der Waals surface area (Å²) in [5.74, 6) is -1.84. The molecule has 33 heavy (non-hydrogen) atoms. The summed E-state index contributed by atoms with van der Waals surface area (Å²) < 4.78 is 21.0. The lowest BCUT2D eigenvalue weighted by Gasteiger charge is -2.54. The van der Waals surface area contributed by atoms with E-state index in [9.17, 15) is 23.9 Å². The molecular weight excluding hydrogens is 451 g/mol. The third kappa shape index (κ3) is 4.06. The van der Waals surface area contributed by atoms with Crippen molar-refractivity contribution in [2.45, 2.75) is 37.6 Å². The van der Waals surface area contributed by atoms with Gasteiger partial charge in [-0.2, -0.15) is 0 Å². The quantitative estimate of drug-likeness (QED) is 0.619. The molecule has 1 saturated carbocycles. The van der Waals surface area contributed by atoms with Crippen LogP contribution in [0.2, 0.25) is 5.02 Å². The van der Waals surface area contributed by atoms with E-state index in [1.165, 1.54) is 17.2 Å². The third-order valence-corrected chi connectivity index (χ3v) is 6.99. The van der Waals surface area contributed by atoms with Crippen molar-refractivity contribution >= 4 is 23.3 Å². The summed E-state index contributed by atoms with van der Waals surface area (Å²) in [4.78, 5) is 40.0. The molecule has 9 heteroatoms. The molecule has 0 unspecified atom stereocenters. The number of ether oxygens (including phenoxy) is 1. The third-order valence-electron chi connectivity index (χ3n) is 6.70. The second-order valence-corrected chi connectivity index (χ2v) is 9.45. The van der Waals surface area contributed by atoms with Gasteiger partial charge in [0, 0.05) is 39.9 Å². The Morgan fingerprint density at radius 2 is 2.06 bits per heavy atom. The van der Waals surface area contributed by atoms with Crippen molar-refractivity contribution in [1.82, 2.24) is 9.47 Å². The number of aromatic hydroxyl groups is 1. The highest BCUT2D eigenvalue weighted by molar-refractivity contribution is 6.30. The maximum absolute atomic E-state index is 14.1. The second-order valence-electron chi connectivity index (χ2n) is 9.04. The molecule has 0 saturated heterocycles. The highest BCUT2D eigenvalue weighted by Gasteiger charge is 2.51. The number of aromatic nitrogens is 1. The number of benzene rings is 1. The first-order valence-corrected chi connectivity index (χ1v) is 11.3. The number of fused-ring (bicyclic) bond motifs is 2. The van der Waals surface area contributed by atoms with Gasteiger partial charge in [0.25, 0.3) is 5.91 Å². The second kappa shape index (κ2) is 8.91. The zero-order valence-electron chi connectivity index (χ0n) is 18.6. The van der Waals surface area contributed by atoms with Crippen LogP contribution in [0.1, 0.15) is 52.1 Å². The van der Waals surface area contributed by atoms with Crippen LogP contribution in [-0.4, -0.2) is 53.6 Å². The van der Waals surface area contributed by atoms with E-state index >= 15 is 0 Å². The van der Waals surface area contributed by atoms with Gasteiger partial charge < -0.3 is 19.3 Å². The molecule has 1 amide bonds. The number of pyridine rings is 1. The van der Waals surface area contributed by atoms with Gasteiger partial charge in [-0.25, -0.2) is 4.39 Å². The summed E-state index contributed by atoms with van der Waals surface area (Å²) in [6, 6.07) is 4.69. The summed E-state index contributed by atoms with van der Waals surface area (Å²) in [6.45, 7) is 0.996. The number of likely N-dealkylation sites (N-methyl/N-ethyl adjacent to an activating group) is 1. The molecule has 2 heterocycles. The molecule has 1 aliphatic carbocycles. The van der Waals surface area contributed by atoms with Gasteiger partial charge in [-0.3, -0.25) is 14.4 Å². The van der Waals surface area contributed by atoms with Crippen LogP contribution in [-0.2, 0) is 16.7 Å². The fraction of sp³-hybridized carbons (Fsp3) is 0.458. The SMILES string of the molecule is COC[C@H]1C[C@]2(CN(C)C(=O)c3c(O)c(=O)c(C(=O)CCCc4cccc(Cl)c4F)cn32)C1. The molecule has 1 aliphatic heterocycles. The lowest BCUT2D eigenvalue weighted by atomic mass is 9.67. The monoisotopic (exact) mass is 476 g/mol. The molecule has 0 bridgehead atoms. The van der Waals surface area contributed by atoms with Crippen LogP contribution >= 0.6 is 11.6 Å². The molecule has 1 spiro atoms. The molecule has 7 nitrogen and oxygen atoms in total. The number of methoxy groups -OCH3 is 1. The van der Waals surface area contributed by atoms with E-state index in [0.717, 1.165) is 0 Å². The van der Waals surface area contributed by atoms with E-state index in [0.29, 0.717) is 38.0 Å². The van der Waals surface area contributed by atoms with Crippen LogP contribution in [0, 0.1) is 11.7 Å². The molecule has 1 fully saturated rings. The lowest BCUT2D eigenvalue weighted by molar-refractivity contribution is -0.0190. The smallest absolute Gasteiger partial charge is 0.274 e. The first kappa shape index (κ1) is 23.4. The average molecular weight is 477 g/mol. The number of nitrogens with zero attached hydrogens (tertiary/aromatic N) is 2. The summed E-state index contributed by atoms with van der Waals surface area (Å²) >= 11 is 5.80. The van der Waals surface area contributed by atoms with Gasteiger partial charge in [0.1, 0.15) is 5.82 Å². The maximum atomic E-state index is 14.1. The number of rotatable bonds is 7. The molecule has 2 aliphatic rings. The van der Waals surface area contributed by atoms with E-state index in [1.807, 2.05) is 0 Å². The predicted octanol–water partition coefficient (Wildman–Crippen LogP) is 3.39. The Hall–Kier alpha value is -2.71. The molecule has 0 radical (unpaired) electrons. The largest absolute Gasteiger partial charge is 0.503 e. The number of hydrogen-bond acceptors (Lipinski definition) is 5. The van der Waals surface area contributed by atoms with E-state index in [-0.39, 0.29) is 35.0 Å². The minimum Gasteiger partial charge on any atom is -0.503 e. The Morgan fingerprint density at radius 1 is 1.33 bits per heavy atom. The number of hydrogen-bond donors (Lipinski definition) is 1. The zero-order chi connectivity index (χ0) is 23.9. The number of ketones is 1. The number of amides is 1. The Kier molecular flexibility index (Phi) is 6.33. The molecule has 0 atom stereocenters. The van der Waals surface area contributed by atoms with Gasteiger partial charge in [0.2, 0.25) is 5.43 Å². The molecule has 4 rings (SSSR count). The van der Waals surface area contributed by atoms with Gasteiger partial charge in [0.15, 0.2) is 17.2 Å². The number of halogens is 2. The summed E-state index contributed by atoms with van der Waals surface area (Å²) in [7, 11) is 3.26. The highest BCUT2D eigenvalue weighted by atomic mass is 35.5. The fourth-order valence-electron chi connectivity index (χ4n) is 5.16. The molecule has 1 aromatic heterocycles. The maximum Gasteiger partial charge on any atom is 0.274 e. The molecular formula is C24H26ClFN2O5. The summed E-state index contributed by atoms with van der Waals surface area (Å²) in [5, 5.41) is 10.6. The summed E-state index contributed by atoms with van der Waals surface area (Å²) in [6.07, 6.45) is 3.41. The highest BCUT2D eigenvalue weighted by Crippen LogP contribution is 2.48. The zero-order valence-corrected chi connectivity index (χ0v) is 19.3.